The third kappa shape index (κ3) is 4.02. The summed E-state index contributed by atoms with van der Waals surface area (Å²) >= 11 is 0. The Morgan fingerprint density at radius 1 is 0.889 bits per heavy atom. The summed E-state index contributed by atoms with van der Waals surface area (Å²) in [5, 5.41) is 0. The summed E-state index contributed by atoms with van der Waals surface area (Å²) in [6.45, 7) is 14.4. The van der Waals surface area contributed by atoms with E-state index >= 15 is 0 Å². The van der Waals surface area contributed by atoms with Crippen molar-refractivity contribution in [2.45, 2.75) is 34.1 Å². The van der Waals surface area contributed by atoms with Crippen LogP contribution in [0.3, 0.4) is 0 Å². The fraction of sp³-hybridized carbons (Fsp3) is 0.625. The van der Waals surface area contributed by atoms with E-state index in [1.54, 1.807) is 0 Å². The number of hydrogen-bond donors (Lipinski definition) is 0. The molecule has 0 saturated carbocycles. The van der Waals surface area contributed by atoms with Crippen LogP contribution < -0.4 is 4.74 Å². The summed E-state index contributed by atoms with van der Waals surface area (Å²) in [6.07, 6.45) is 1.09. The van der Waals surface area contributed by atoms with E-state index in [2.05, 4.69) is 52.0 Å². The quantitative estimate of drug-likeness (QED) is 0.642. The van der Waals surface area contributed by atoms with Crippen molar-refractivity contribution in [3.8, 4) is 5.75 Å². The van der Waals surface area contributed by atoms with Crippen molar-refractivity contribution < 1.29 is 9.22 Å². The fourth-order valence-corrected chi connectivity index (χ4v) is 2.32. The van der Waals surface area contributed by atoms with Gasteiger partial charge in [-0.3, -0.25) is 0 Å². The fourth-order valence-electron chi connectivity index (χ4n) is 2.32. The smallest absolute Gasteiger partial charge is 0.137 e. The maximum absolute atomic E-state index is 5.85. The molecule has 0 radical (unpaired) electrons. The Kier molecular flexibility index (Phi) is 6.20. The molecule has 2 nitrogen and oxygen atoms in total. The van der Waals surface area contributed by atoms with Gasteiger partial charge in [0, 0.05) is 0 Å². The Balaban J connectivity index is 2.44. The molecule has 1 aromatic carbocycles. The predicted molar refractivity (Wildman–Crippen MR) is 78.1 cm³/mol. The van der Waals surface area contributed by atoms with E-state index in [9.17, 15) is 0 Å². The van der Waals surface area contributed by atoms with Crippen LogP contribution in [0.15, 0.2) is 24.3 Å². The number of hydrogen-bond acceptors (Lipinski definition) is 1. The zero-order valence-corrected chi connectivity index (χ0v) is 12.4. The van der Waals surface area contributed by atoms with E-state index in [0.717, 1.165) is 29.8 Å². The lowest BCUT2D eigenvalue weighted by molar-refractivity contribution is -0.923. The number of likely N-dealkylation sites (N-methyl/N-ethyl adjacent to an activating group) is 1. The van der Waals surface area contributed by atoms with Gasteiger partial charge in [0.15, 0.2) is 0 Å². The van der Waals surface area contributed by atoms with Crippen molar-refractivity contribution >= 4 is 0 Å². The molecule has 102 valence electrons. The molecule has 0 atom stereocenters. The minimum absolute atomic E-state index is 0.807. The first-order valence-corrected chi connectivity index (χ1v) is 7.26. The molecule has 0 N–H and O–H groups in total. The van der Waals surface area contributed by atoms with Crippen molar-refractivity contribution in [2.24, 2.45) is 0 Å². The second-order valence-corrected chi connectivity index (χ2v) is 4.86. The van der Waals surface area contributed by atoms with Crippen LogP contribution in [0.1, 0.15) is 33.3 Å². The highest BCUT2D eigenvalue weighted by molar-refractivity contribution is 5.27. The zero-order valence-electron chi connectivity index (χ0n) is 12.4. The van der Waals surface area contributed by atoms with Crippen molar-refractivity contribution in [3.05, 3.63) is 29.8 Å². The summed E-state index contributed by atoms with van der Waals surface area (Å²) in [6, 6.07) is 8.46. The first kappa shape index (κ1) is 15.0. The molecule has 0 aliphatic carbocycles. The molecule has 2 heteroatoms. The molecule has 0 aliphatic rings. The van der Waals surface area contributed by atoms with Gasteiger partial charge in [-0.1, -0.05) is 19.1 Å². The molecule has 0 heterocycles. The number of nitrogens with zero attached hydrogens (tertiary/aromatic N) is 1. The zero-order chi connectivity index (χ0) is 13.4. The van der Waals surface area contributed by atoms with E-state index in [1.807, 2.05) is 0 Å². The van der Waals surface area contributed by atoms with Gasteiger partial charge >= 0.3 is 0 Å². The van der Waals surface area contributed by atoms with Gasteiger partial charge in [0.1, 0.15) is 18.9 Å². The molecule has 0 fully saturated rings. The van der Waals surface area contributed by atoms with Gasteiger partial charge in [0.05, 0.1) is 19.6 Å². The number of rotatable bonds is 8. The summed E-state index contributed by atoms with van der Waals surface area (Å²) < 4.78 is 7.00. The van der Waals surface area contributed by atoms with Crippen LogP contribution in [0.2, 0.25) is 0 Å². The highest BCUT2D eigenvalue weighted by Gasteiger charge is 2.20. The monoisotopic (exact) mass is 250 g/mol. The standard InChI is InChI=1S/C16H28NO/c1-5-15-9-11-16(12-10-15)18-14-13-17(6-2,7-3)8-4/h9-12H,5-8,13-14H2,1-4H3/q+1. The van der Waals surface area contributed by atoms with E-state index < -0.39 is 0 Å². The molecule has 1 rings (SSSR count). The molecule has 0 spiro atoms. The molecule has 0 unspecified atom stereocenters. The lowest BCUT2D eigenvalue weighted by Gasteiger charge is -2.35. The van der Waals surface area contributed by atoms with Crippen LogP contribution in [0, 0.1) is 0 Å². The Hall–Kier alpha value is -1.02. The number of benzene rings is 1. The van der Waals surface area contributed by atoms with E-state index in [-0.39, 0.29) is 0 Å². The highest BCUT2D eigenvalue weighted by Crippen LogP contribution is 2.13. The Labute approximate surface area is 112 Å². The topological polar surface area (TPSA) is 9.23 Å². The lowest BCUT2D eigenvalue weighted by Crippen LogP contribution is -2.49. The van der Waals surface area contributed by atoms with Crippen LogP contribution in [-0.2, 0) is 6.42 Å². The largest absolute Gasteiger partial charge is 0.488 e. The van der Waals surface area contributed by atoms with E-state index in [0.29, 0.717) is 0 Å². The first-order chi connectivity index (χ1) is 8.69. The van der Waals surface area contributed by atoms with Crippen LogP contribution in [0.25, 0.3) is 0 Å². The molecular formula is C16H28NO+. The maximum atomic E-state index is 5.85. The molecule has 0 saturated heterocycles. The molecule has 0 bridgehead atoms. The second-order valence-electron chi connectivity index (χ2n) is 4.86. The van der Waals surface area contributed by atoms with E-state index in [1.165, 1.54) is 25.2 Å². The van der Waals surface area contributed by atoms with Crippen molar-refractivity contribution in [1.29, 1.82) is 0 Å². The first-order valence-electron chi connectivity index (χ1n) is 7.26. The Bertz CT molecular complexity index is 319. The average Bonchev–Trinajstić information content (AvgIpc) is 2.45. The number of ether oxygens (including phenoxy) is 1. The molecule has 0 aliphatic heterocycles. The SMILES string of the molecule is CCc1ccc(OCC[N+](CC)(CC)CC)cc1. The van der Waals surface area contributed by atoms with Crippen LogP contribution in [0.4, 0.5) is 0 Å². The number of quaternary nitrogens is 1. The van der Waals surface area contributed by atoms with Gasteiger partial charge in [0.25, 0.3) is 0 Å². The Morgan fingerprint density at radius 3 is 1.89 bits per heavy atom. The van der Waals surface area contributed by atoms with Gasteiger partial charge in [-0.25, -0.2) is 0 Å². The highest BCUT2D eigenvalue weighted by atomic mass is 16.5. The number of aryl methyl sites for hydroxylation is 1. The summed E-state index contributed by atoms with van der Waals surface area (Å²) in [5.74, 6) is 0.994. The molecule has 18 heavy (non-hydrogen) atoms. The van der Waals surface area contributed by atoms with Crippen molar-refractivity contribution in [2.75, 3.05) is 32.8 Å². The molecule has 0 aromatic heterocycles. The van der Waals surface area contributed by atoms with Gasteiger partial charge in [-0.15, -0.1) is 0 Å². The van der Waals surface area contributed by atoms with E-state index in [4.69, 9.17) is 4.74 Å². The van der Waals surface area contributed by atoms with Crippen LogP contribution in [-0.4, -0.2) is 37.3 Å². The molecule has 1 aromatic rings. The van der Waals surface area contributed by atoms with Gasteiger partial charge < -0.3 is 9.22 Å². The summed E-state index contributed by atoms with van der Waals surface area (Å²) in [5.41, 5.74) is 1.36. The third-order valence-electron chi connectivity index (χ3n) is 4.18. The van der Waals surface area contributed by atoms with Crippen LogP contribution >= 0.6 is 0 Å². The average molecular weight is 250 g/mol. The minimum Gasteiger partial charge on any atom is -0.488 e. The third-order valence-corrected chi connectivity index (χ3v) is 4.18. The lowest BCUT2D eigenvalue weighted by atomic mass is 10.2. The van der Waals surface area contributed by atoms with Gasteiger partial charge in [-0.05, 0) is 44.9 Å². The summed E-state index contributed by atoms with van der Waals surface area (Å²) in [7, 11) is 0. The van der Waals surface area contributed by atoms with Gasteiger partial charge in [0.2, 0.25) is 0 Å². The molecule has 0 amide bonds. The minimum atomic E-state index is 0.807. The predicted octanol–water partition coefficient (Wildman–Crippen LogP) is 3.50. The molecular weight excluding hydrogens is 222 g/mol. The summed E-state index contributed by atoms with van der Waals surface area (Å²) in [4.78, 5) is 0. The van der Waals surface area contributed by atoms with Crippen LogP contribution in [0.5, 0.6) is 5.75 Å². The van der Waals surface area contributed by atoms with Crippen molar-refractivity contribution in [1.82, 2.24) is 0 Å². The maximum Gasteiger partial charge on any atom is 0.137 e. The Morgan fingerprint density at radius 2 is 1.44 bits per heavy atom. The second kappa shape index (κ2) is 7.42. The van der Waals surface area contributed by atoms with Crippen molar-refractivity contribution in [3.63, 3.8) is 0 Å². The van der Waals surface area contributed by atoms with Gasteiger partial charge in [-0.2, -0.15) is 0 Å². The normalized spacial score (nSPS) is 11.6.